The van der Waals surface area contributed by atoms with Gasteiger partial charge in [0, 0.05) is 0 Å². The molecular formula is C20H17FN2O3S2. The number of carbonyl (C=O) groups excluding carboxylic acids is 1. The Bertz CT molecular complexity index is 1250. The minimum absolute atomic E-state index is 0.000760. The first-order valence-electron chi connectivity index (χ1n) is 8.46. The van der Waals surface area contributed by atoms with Crippen molar-refractivity contribution in [3.63, 3.8) is 0 Å². The van der Waals surface area contributed by atoms with Gasteiger partial charge in [-0.2, -0.15) is 4.99 Å². The van der Waals surface area contributed by atoms with E-state index in [-0.39, 0.29) is 23.6 Å². The first-order chi connectivity index (χ1) is 13.4. The molecule has 0 radical (unpaired) electrons. The van der Waals surface area contributed by atoms with Crippen LogP contribution in [-0.2, 0) is 27.6 Å². The van der Waals surface area contributed by atoms with Gasteiger partial charge in [0.1, 0.15) is 5.82 Å². The molecule has 144 valence electrons. The van der Waals surface area contributed by atoms with E-state index < -0.39 is 21.6 Å². The number of carbonyl (C=O) groups is 1. The highest BCUT2D eigenvalue weighted by atomic mass is 32.2. The fourth-order valence-corrected chi connectivity index (χ4v) is 4.66. The number of amides is 1. The molecule has 8 heteroatoms. The lowest BCUT2D eigenvalue weighted by atomic mass is 10.1. The Morgan fingerprint density at radius 3 is 2.61 bits per heavy atom. The lowest BCUT2D eigenvalue weighted by Gasteiger charge is -2.03. The van der Waals surface area contributed by atoms with E-state index in [1.165, 1.54) is 34.1 Å². The van der Waals surface area contributed by atoms with Crippen LogP contribution in [0, 0.1) is 18.2 Å². The van der Waals surface area contributed by atoms with Crippen molar-refractivity contribution in [2.24, 2.45) is 4.99 Å². The smallest absolute Gasteiger partial charge is 0.252 e. The molecular weight excluding hydrogens is 399 g/mol. The van der Waals surface area contributed by atoms with E-state index in [9.17, 15) is 17.6 Å². The average molecular weight is 416 g/mol. The van der Waals surface area contributed by atoms with Gasteiger partial charge >= 0.3 is 0 Å². The van der Waals surface area contributed by atoms with Crippen LogP contribution in [0.15, 0.2) is 52.4 Å². The van der Waals surface area contributed by atoms with Crippen molar-refractivity contribution in [3.8, 4) is 12.3 Å². The maximum atomic E-state index is 14.2. The highest BCUT2D eigenvalue weighted by molar-refractivity contribution is 7.91. The molecule has 0 unspecified atom stereocenters. The maximum absolute atomic E-state index is 14.2. The molecule has 0 N–H and O–H groups in total. The molecule has 0 atom stereocenters. The summed E-state index contributed by atoms with van der Waals surface area (Å²) in [5.74, 6) is 1.61. The predicted molar refractivity (Wildman–Crippen MR) is 107 cm³/mol. The van der Waals surface area contributed by atoms with Gasteiger partial charge in [-0.3, -0.25) is 4.79 Å². The van der Waals surface area contributed by atoms with Crippen LogP contribution in [0.3, 0.4) is 0 Å². The number of aromatic nitrogens is 1. The summed E-state index contributed by atoms with van der Waals surface area (Å²) in [4.78, 5) is 17.0. The van der Waals surface area contributed by atoms with Gasteiger partial charge in [-0.1, -0.05) is 42.4 Å². The van der Waals surface area contributed by atoms with Crippen LogP contribution in [0.25, 0.3) is 10.2 Å². The first-order valence-corrected chi connectivity index (χ1v) is 10.9. The Morgan fingerprint density at radius 2 is 1.96 bits per heavy atom. The number of sulfone groups is 1. The van der Waals surface area contributed by atoms with E-state index >= 15 is 0 Å². The van der Waals surface area contributed by atoms with Crippen LogP contribution in [0.4, 0.5) is 4.39 Å². The van der Waals surface area contributed by atoms with Gasteiger partial charge in [-0.25, -0.2) is 12.8 Å². The molecule has 0 bridgehead atoms. The maximum Gasteiger partial charge on any atom is 0.252 e. The van der Waals surface area contributed by atoms with Gasteiger partial charge in [0.15, 0.2) is 14.6 Å². The number of terminal acetylenes is 1. The van der Waals surface area contributed by atoms with Crippen molar-refractivity contribution < 1.29 is 17.6 Å². The number of hydrogen-bond acceptors (Lipinski definition) is 4. The zero-order valence-electron chi connectivity index (χ0n) is 15.1. The second-order valence-electron chi connectivity index (χ2n) is 5.99. The molecule has 0 aliphatic carbocycles. The predicted octanol–water partition coefficient (Wildman–Crippen LogP) is 2.94. The van der Waals surface area contributed by atoms with Gasteiger partial charge in [0.05, 0.1) is 33.8 Å². The van der Waals surface area contributed by atoms with Crippen molar-refractivity contribution in [2.75, 3.05) is 5.75 Å². The molecule has 1 aromatic heterocycles. The molecule has 5 nitrogen and oxygen atoms in total. The first kappa shape index (κ1) is 20.0. The van der Waals surface area contributed by atoms with Gasteiger partial charge in [0.2, 0.25) is 0 Å². The highest BCUT2D eigenvalue weighted by Crippen LogP contribution is 2.20. The van der Waals surface area contributed by atoms with Crippen molar-refractivity contribution >= 4 is 37.3 Å². The minimum Gasteiger partial charge on any atom is -0.302 e. The number of benzene rings is 2. The fraction of sp³-hybridized carbons (Fsp3) is 0.200. The molecule has 0 spiro atoms. The van der Waals surface area contributed by atoms with Crippen LogP contribution in [-0.4, -0.2) is 24.6 Å². The fourth-order valence-electron chi connectivity index (χ4n) is 2.71. The Kier molecular flexibility index (Phi) is 5.77. The number of hydrogen-bond donors (Lipinski definition) is 0. The Balaban J connectivity index is 1.92. The zero-order chi connectivity index (χ0) is 20.3. The molecule has 0 aliphatic heterocycles. The second-order valence-corrected chi connectivity index (χ2v) is 9.28. The molecule has 0 fully saturated rings. The average Bonchev–Trinajstić information content (AvgIpc) is 3.01. The number of rotatable bonds is 5. The van der Waals surface area contributed by atoms with E-state index in [0.29, 0.717) is 20.6 Å². The topological polar surface area (TPSA) is 68.5 Å². The van der Waals surface area contributed by atoms with E-state index in [1.807, 2.05) is 0 Å². The van der Waals surface area contributed by atoms with Gasteiger partial charge in [-0.05, 0) is 29.8 Å². The standard InChI is InChI=1S/C20H17FN2O3S2/c1-3-12-23-19-16(21)6-5-7-17(19)27-20(23)22-18(24)13-14-8-10-15(11-9-14)28(25,26)4-2/h1,5-11H,4,12-13H2,2H3. The van der Waals surface area contributed by atoms with Crippen molar-refractivity contribution in [2.45, 2.75) is 24.8 Å². The summed E-state index contributed by atoms with van der Waals surface area (Å²) in [6, 6.07) is 10.8. The monoisotopic (exact) mass is 416 g/mol. The Morgan fingerprint density at radius 1 is 1.25 bits per heavy atom. The van der Waals surface area contributed by atoms with Crippen LogP contribution in [0.2, 0.25) is 0 Å². The summed E-state index contributed by atoms with van der Waals surface area (Å²) >= 11 is 1.19. The van der Waals surface area contributed by atoms with E-state index in [0.717, 1.165) is 0 Å². The van der Waals surface area contributed by atoms with E-state index in [4.69, 9.17) is 6.42 Å². The van der Waals surface area contributed by atoms with Crippen LogP contribution < -0.4 is 4.80 Å². The largest absolute Gasteiger partial charge is 0.302 e. The SMILES string of the molecule is C#CCn1c(=NC(=O)Cc2ccc(S(=O)(=O)CC)cc2)sc2cccc(F)c21. The molecule has 1 amide bonds. The van der Waals surface area contributed by atoms with Gasteiger partial charge < -0.3 is 4.57 Å². The normalized spacial score (nSPS) is 12.2. The molecule has 0 saturated carbocycles. The van der Waals surface area contributed by atoms with Gasteiger partial charge in [0.25, 0.3) is 5.91 Å². The van der Waals surface area contributed by atoms with Crippen molar-refractivity contribution in [1.29, 1.82) is 0 Å². The summed E-state index contributed by atoms with van der Waals surface area (Å²) in [6.07, 6.45) is 5.38. The molecule has 3 rings (SSSR count). The lowest BCUT2D eigenvalue weighted by molar-refractivity contribution is -0.117. The van der Waals surface area contributed by atoms with Crippen molar-refractivity contribution in [1.82, 2.24) is 4.57 Å². The number of fused-ring (bicyclic) bond motifs is 1. The van der Waals surface area contributed by atoms with E-state index in [1.54, 1.807) is 31.2 Å². The second kappa shape index (κ2) is 8.09. The van der Waals surface area contributed by atoms with Crippen molar-refractivity contribution in [3.05, 3.63) is 58.6 Å². The number of thiazole rings is 1. The number of para-hydroxylation sites is 1. The Labute approximate surface area is 166 Å². The summed E-state index contributed by atoms with van der Waals surface area (Å²) in [6.45, 7) is 1.67. The quantitative estimate of drug-likeness (QED) is 0.601. The summed E-state index contributed by atoms with van der Waals surface area (Å²) in [5, 5.41) is 0. The van der Waals surface area contributed by atoms with Gasteiger partial charge in [-0.15, -0.1) is 6.42 Å². The third-order valence-electron chi connectivity index (χ3n) is 4.14. The highest BCUT2D eigenvalue weighted by Gasteiger charge is 2.13. The van der Waals surface area contributed by atoms with E-state index in [2.05, 4.69) is 10.9 Å². The Hall–Kier alpha value is -2.76. The molecule has 2 aromatic carbocycles. The summed E-state index contributed by atoms with van der Waals surface area (Å²) in [5.41, 5.74) is 0.964. The molecule has 1 heterocycles. The summed E-state index contributed by atoms with van der Waals surface area (Å²) in [7, 11) is -3.29. The lowest BCUT2D eigenvalue weighted by Crippen LogP contribution is -2.17. The van der Waals surface area contributed by atoms with Crippen LogP contribution >= 0.6 is 11.3 Å². The third-order valence-corrected chi connectivity index (χ3v) is 6.93. The summed E-state index contributed by atoms with van der Waals surface area (Å²) < 4.78 is 40.0. The van der Waals surface area contributed by atoms with Crippen LogP contribution in [0.1, 0.15) is 12.5 Å². The molecule has 0 saturated heterocycles. The molecule has 3 aromatic rings. The number of nitrogens with zero attached hydrogens (tertiary/aromatic N) is 2. The minimum atomic E-state index is -3.29. The number of halogens is 1. The molecule has 28 heavy (non-hydrogen) atoms. The third kappa shape index (κ3) is 4.06. The molecule has 0 aliphatic rings. The van der Waals surface area contributed by atoms with Crippen LogP contribution in [0.5, 0.6) is 0 Å². The zero-order valence-corrected chi connectivity index (χ0v) is 16.7.